The first kappa shape index (κ1) is 16.3. The van der Waals surface area contributed by atoms with Gasteiger partial charge in [0, 0.05) is 15.1 Å². The van der Waals surface area contributed by atoms with Crippen LogP contribution in [0.4, 0.5) is 17.6 Å². The number of rotatable bonds is 2. The zero-order valence-corrected chi connectivity index (χ0v) is 12.6. The molecule has 1 N–H and O–H groups in total. The van der Waals surface area contributed by atoms with E-state index in [0.29, 0.717) is 0 Å². The molecule has 2 aromatic carbocycles. The Morgan fingerprint density at radius 2 is 1.76 bits per heavy atom. The average molecular weight is 384 g/mol. The second-order valence-corrected chi connectivity index (χ2v) is 5.57. The van der Waals surface area contributed by atoms with Crippen molar-refractivity contribution in [1.82, 2.24) is 0 Å². The molecule has 0 aromatic heterocycles. The molecular formula is C14H8BrClF4O. The molecule has 1 nitrogen and oxygen atoms in total. The Balaban J connectivity index is 2.49. The van der Waals surface area contributed by atoms with Crippen LogP contribution in [0.5, 0.6) is 0 Å². The third-order valence-electron chi connectivity index (χ3n) is 2.86. The van der Waals surface area contributed by atoms with Crippen molar-refractivity contribution in [2.24, 2.45) is 0 Å². The first-order valence-electron chi connectivity index (χ1n) is 5.70. The number of aliphatic hydroxyl groups is 1. The first-order chi connectivity index (χ1) is 9.70. The van der Waals surface area contributed by atoms with E-state index in [1.807, 2.05) is 0 Å². The standard InChI is InChI=1S/C14H8BrClF4O/c15-11-3-1-7(5-10(11)14(18,19)20)13(21)9-6-8(17)2-4-12(9)16/h1-6,13,21H. The molecule has 7 heteroatoms. The Bertz CT molecular complexity index is 673. The summed E-state index contributed by atoms with van der Waals surface area (Å²) in [7, 11) is 0. The minimum Gasteiger partial charge on any atom is -0.384 e. The SMILES string of the molecule is OC(c1ccc(Br)c(C(F)(F)F)c1)c1cc(F)ccc1Cl. The van der Waals surface area contributed by atoms with Gasteiger partial charge in [-0.05, 0) is 35.9 Å². The highest BCUT2D eigenvalue weighted by Crippen LogP contribution is 2.38. The minimum absolute atomic E-state index is 0.00659. The molecule has 2 rings (SSSR count). The summed E-state index contributed by atoms with van der Waals surface area (Å²) < 4.78 is 51.6. The number of hydrogen-bond acceptors (Lipinski definition) is 1. The van der Waals surface area contributed by atoms with Crippen molar-refractivity contribution in [1.29, 1.82) is 0 Å². The lowest BCUT2D eigenvalue weighted by Gasteiger charge is -2.16. The number of benzene rings is 2. The molecule has 0 radical (unpaired) electrons. The zero-order valence-electron chi connectivity index (χ0n) is 10.3. The van der Waals surface area contributed by atoms with Gasteiger partial charge in [0.2, 0.25) is 0 Å². The monoisotopic (exact) mass is 382 g/mol. The Hall–Kier alpha value is -1.11. The third kappa shape index (κ3) is 3.56. The van der Waals surface area contributed by atoms with E-state index in [4.69, 9.17) is 11.6 Å². The Labute approximate surface area is 131 Å². The van der Waals surface area contributed by atoms with E-state index in [1.165, 1.54) is 18.2 Å². The summed E-state index contributed by atoms with van der Waals surface area (Å²) in [5.74, 6) is -0.637. The summed E-state index contributed by atoms with van der Waals surface area (Å²) in [6.45, 7) is 0. The van der Waals surface area contributed by atoms with Crippen molar-refractivity contribution in [3.05, 3.63) is 68.4 Å². The summed E-state index contributed by atoms with van der Waals surface area (Å²) >= 11 is 8.65. The summed E-state index contributed by atoms with van der Waals surface area (Å²) in [5.41, 5.74) is -0.947. The van der Waals surface area contributed by atoms with Crippen LogP contribution in [0.25, 0.3) is 0 Å². The normalized spacial score (nSPS) is 13.3. The van der Waals surface area contributed by atoms with Gasteiger partial charge < -0.3 is 5.11 Å². The molecule has 0 spiro atoms. The van der Waals surface area contributed by atoms with Crippen molar-refractivity contribution in [3.63, 3.8) is 0 Å². The van der Waals surface area contributed by atoms with Gasteiger partial charge in [-0.2, -0.15) is 13.2 Å². The van der Waals surface area contributed by atoms with E-state index >= 15 is 0 Å². The maximum absolute atomic E-state index is 13.2. The van der Waals surface area contributed by atoms with Crippen LogP contribution in [0.3, 0.4) is 0 Å². The maximum atomic E-state index is 13.2. The van der Waals surface area contributed by atoms with Crippen LogP contribution in [0.2, 0.25) is 5.02 Å². The summed E-state index contributed by atoms with van der Waals surface area (Å²) in [6.07, 6.45) is -6.03. The highest BCUT2D eigenvalue weighted by molar-refractivity contribution is 9.10. The van der Waals surface area contributed by atoms with Crippen molar-refractivity contribution in [2.45, 2.75) is 12.3 Å². The molecule has 1 unspecified atom stereocenters. The number of aliphatic hydroxyl groups excluding tert-OH is 1. The van der Waals surface area contributed by atoms with Gasteiger partial charge in [0.05, 0.1) is 5.56 Å². The lowest BCUT2D eigenvalue weighted by atomic mass is 9.99. The molecule has 2 aromatic rings. The lowest BCUT2D eigenvalue weighted by molar-refractivity contribution is -0.138. The van der Waals surface area contributed by atoms with Crippen LogP contribution >= 0.6 is 27.5 Å². The average Bonchev–Trinajstić information content (AvgIpc) is 2.40. The van der Waals surface area contributed by atoms with Crippen LogP contribution in [0, 0.1) is 5.82 Å². The molecule has 0 bridgehead atoms. The predicted molar refractivity (Wildman–Crippen MR) is 74.6 cm³/mol. The molecule has 0 amide bonds. The molecule has 0 saturated carbocycles. The topological polar surface area (TPSA) is 20.2 Å². The van der Waals surface area contributed by atoms with Crippen molar-refractivity contribution in [2.75, 3.05) is 0 Å². The van der Waals surface area contributed by atoms with E-state index in [9.17, 15) is 22.7 Å². The molecule has 0 heterocycles. The van der Waals surface area contributed by atoms with Crippen LogP contribution < -0.4 is 0 Å². The Morgan fingerprint density at radius 1 is 1.10 bits per heavy atom. The fourth-order valence-electron chi connectivity index (χ4n) is 1.83. The van der Waals surface area contributed by atoms with Gasteiger partial charge in [0.25, 0.3) is 0 Å². The molecule has 21 heavy (non-hydrogen) atoms. The smallest absolute Gasteiger partial charge is 0.384 e. The quantitative estimate of drug-likeness (QED) is 0.694. The zero-order chi connectivity index (χ0) is 15.8. The van der Waals surface area contributed by atoms with Gasteiger partial charge in [-0.1, -0.05) is 33.6 Å². The molecule has 0 aliphatic carbocycles. The van der Waals surface area contributed by atoms with Crippen LogP contribution in [0.1, 0.15) is 22.8 Å². The third-order valence-corrected chi connectivity index (χ3v) is 3.90. The van der Waals surface area contributed by atoms with E-state index in [2.05, 4.69) is 15.9 Å². The largest absolute Gasteiger partial charge is 0.417 e. The second-order valence-electron chi connectivity index (χ2n) is 4.31. The molecule has 0 aliphatic rings. The summed E-state index contributed by atoms with van der Waals surface area (Å²) in [4.78, 5) is 0. The van der Waals surface area contributed by atoms with Gasteiger partial charge in [-0.3, -0.25) is 0 Å². The van der Waals surface area contributed by atoms with Gasteiger partial charge in [0.1, 0.15) is 11.9 Å². The van der Waals surface area contributed by atoms with Crippen LogP contribution in [0.15, 0.2) is 40.9 Å². The van der Waals surface area contributed by atoms with Gasteiger partial charge >= 0.3 is 6.18 Å². The number of hydrogen-bond donors (Lipinski definition) is 1. The van der Waals surface area contributed by atoms with E-state index < -0.39 is 23.7 Å². The second kappa shape index (κ2) is 5.94. The van der Waals surface area contributed by atoms with Gasteiger partial charge in [0.15, 0.2) is 0 Å². The van der Waals surface area contributed by atoms with Crippen molar-refractivity contribution >= 4 is 27.5 Å². The molecular weight excluding hydrogens is 376 g/mol. The molecule has 0 aliphatic heterocycles. The Morgan fingerprint density at radius 3 is 2.38 bits per heavy atom. The van der Waals surface area contributed by atoms with E-state index in [-0.39, 0.29) is 20.6 Å². The van der Waals surface area contributed by atoms with Crippen molar-refractivity contribution in [3.8, 4) is 0 Å². The predicted octanol–water partition coefficient (Wildman–Crippen LogP) is 5.34. The maximum Gasteiger partial charge on any atom is 0.417 e. The first-order valence-corrected chi connectivity index (χ1v) is 6.87. The van der Waals surface area contributed by atoms with E-state index in [0.717, 1.165) is 18.2 Å². The fraction of sp³-hybridized carbons (Fsp3) is 0.143. The Kier molecular flexibility index (Phi) is 4.60. The summed E-state index contributed by atoms with van der Waals surface area (Å²) in [5, 5.41) is 10.2. The van der Waals surface area contributed by atoms with Gasteiger partial charge in [-0.25, -0.2) is 4.39 Å². The van der Waals surface area contributed by atoms with Crippen molar-refractivity contribution < 1.29 is 22.7 Å². The lowest BCUT2D eigenvalue weighted by Crippen LogP contribution is -2.09. The fourth-order valence-corrected chi connectivity index (χ4v) is 2.53. The minimum atomic E-state index is -4.57. The van der Waals surface area contributed by atoms with Gasteiger partial charge in [-0.15, -0.1) is 0 Å². The number of halogens is 6. The van der Waals surface area contributed by atoms with E-state index in [1.54, 1.807) is 0 Å². The van der Waals surface area contributed by atoms with Crippen LogP contribution in [-0.4, -0.2) is 5.11 Å². The molecule has 1 atom stereocenters. The number of alkyl halides is 3. The molecule has 0 fully saturated rings. The summed E-state index contributed by atoms with van der Waals surface area (Å²) in [6, 6.07) is 6.61. The highest BCUT2D eigenvalue weighted by Gasteiger charge is 2.33. The molecule has 0 saturated heterocycles. The molecule has 112 valence electrons. The highest BCUT2D eigenvalue weighted by atomic mass is 79.9. The van der Waals surface area contributed by atoms with Crippen LogP contribution in [-0.2, 0) is 6.18 Å².